The molecule has 104 valence electrons. The van der Waals surface area contributed by atoms with Crippen molar-refractivity contribution < 1.29 is 14.7 Å². The van der Waals surface area contributed by atoms with E-state index in [-0.39, 0.29) is 12.1 Å². The number of carboxylic acids is 1. The van der Waals surface area contributed by atoms with Crippen molar-refractivity contribution in [3.63, 3.8) is 0 Å². The van der Waals surface area contributed by atoms with Crippen LogP contribution in [0.25, 0.3) is 0 Å². The van der Waals surface area contributed by atoms with Gasteiger partial charge in [-0.3, -0.25) is 4.79 Å². The molecule has 1 aliphatic rings. The van der Waals surface area contributed by atoms with Gasteiger partial charge in [-0.2, -0.15) is 0 Å². The summed E-state index contributed by atoms with van der Waals surface area (Å²) in [5.41, 5.74) is 0. The van der Waals surface area contributed by atoms with E-state index in [1.54, 1.807) is 11.9 Å². The smallest absolute Gasteiger partial charge is 0.325 e. The van der Waals surface area contributed by atoms with Gasteiger partial charge in [0.05, 0.1) is 0 Å². The number of amides is 2. The van der Waals surface area contributed by atoms with Gasteiger partial charge >= 0.3 is 12.0 Å². The van der Waals surface area contributed by atoms with Crippen LogP contribution in [0.2, 0.25) is 0 Å². The monoisotopic (exact) mass is 256 g/mol. The molecule has 0 aromatic carbocycles. The lowest BCUT2D eigenvalue weighted by atomic mass is 9.84. The average molecular weight is 256 g/mol. The number of carboxylic acid groups (broad SMARTS) is 1. The SMILES string of the molecule is CCC1CCC(N(C)C(=O)NC(C)C(=O)O)CC1. The Labute approximate surface area is 109 Å². The largest absolute Gasteiger partial charge is 0.480 e. The van der Waals surface area contributed by atoms with Gasteiger partial charge in [-0.1, -0.05) is 13.3 Å². The van der Waals surface area contributed by atoms with Gasteiger partial charge in [0.15, 0.2) is 0 Å². The number of nitrogens with one attached hydrogen (secondary N) is 1. The molecule has 0 aromatic rings. The van der Waals surface area contributed by atoms with E-state index >= 15 is 0 Å². The van der Waals surface area contributed by atoms with Crippen LogP contribution < -0.4 is 5.32 Å². The topological polar surface area (TPSA) is 69.6 Å². The van der Waals surface area contributed by atoms with Crippen LogP contribution in [0.15, 0.2) is 0 Å². The molecule has 1 saturated carbocycles. The fourth-order valence-electron chi connectivity index (χ4n) is 2.45. The number of carbonyl (C=O) groups excluding carboxylic acids is 1. The van der Waals surface area contributed by atoms with E-state index in [2.05, 4.69) is 12.2 Å². The minimum absolute atomic E-state index is 0.244. The zero-order chi connectivity index (χ0) is 13.7. The summed E-state index contributed by atoms with van der Waals surface area (Å²) in [6, 6.07) is -0.884. The molecule has 0 heterocycles. The van der Waals surface area contributed by atoms with E-state index < -0.39 is 12.0 Å². The van der Waals surface area contributed by atoms with Crippen molar-refractivity contribution in [3.8, 4) is 0 Å². The van der Waals surface area contributed by atoms with Gasteiger partial charge in [0.25, 0.3) is 0 Å². The van der Waals surface area contributed by atoms with Crippen molar-refractivity contribution in [1.29, 1.82) is 0 Å². The van der Waals surface area contributed by atoms with E-state index in [0.717, 1.165) is 31.6 Å². The van der Waals surface area contributed by atoms with Crippen LogP contribution >= 0.6 is 0 Å². The Bertz CT molecular complexity index is 299. The predicted molar refractivity (Wildman–Crippen MR) is 69.4 cm³/mol. The van der Waals surface area contributed by atoms with Crippen LogP contribution in [-0.2, 0) is 4.79 Å². The fourth-order valence-corrected chi connectivity index (χ4v) is 2.45. The van der Waals surface area contributed by atoms with Gasteiger partial charge in [0.1, 0.15) is 6.04 Å². The van der Waals surface area contributed by atoms with E-state index in [1.807, 2.05) is 0 Å². The van der Waals surface area contributed by atoms with Crippen LogP contribution in [-0.4, -0.2) is 41.1 Å². The number of rotatable bonds is 4. The number of urea groups is 1. The quantitative estimate of drug-likeness (QED) is 0.809. The summed E-state index contributed by atoms with van der Waals surface area (Å²) in [6.07, 6.45) is 5.56. The standard InChI is InChI=1S/C13H24N2O3/c1-4-10-5-7-11(8-6-10)15(3)13(18)14-9(2)12(16)17/h9-11H,4-8H2,1-3H3,(H,14,18)(H,16,17). The maximum atomic E-state index is 11.9. The molecule has 5 nitrogen and oxygen atoms in total. The molecule has 1 unspecified atom stereocenters. The Morgan fingerprint density at radius 2 is 1.89 bits per heavy atom. The molecule has 0 bridgehead atoms. The summed E-state index contributed by atoms with van der Waals surface area (Å²) < 4.78 is 0. The number of nitrogens with zero attached hydrogens (tertiary/aromatic N) is 1. The Hall–Kier alpha value is -1.26. The first-order valence-corrected chi connectivity index (χ1v) is 6.71. The molecule has 2 amide bonds. The third-order valence-corrected chi connectivity index (χ3v) is 3.97. The number of aliphatic carboxylic acids is 1. The Morgan fingerprint density at radius 3 is 2.33 bits per heavy atom. The number of hydrogen-bond acceptors (Lipinski definition) is 2. The highest BCUT2D eigenvalue weighted by Gasteiger charge is 2.27. The lowest BCUT2D eigenvalue weighted by Crippen LogP contribution is -2.49. The van der Waals surface area contributed by atoms with Crippen molar-refractivity contribution in [2.24, 2.45) is 5.92 Å². The summed E-state index contributed by atoms with van der Waals surface area (Å²) in [4.78, 5) is 24.2. The molecule has 1 aliphatic carbocycles. The summed E-state index contributed by atoms with van der Waals surface area (Å²) in [5, 5.41) is 11.2. The highest BCUT2D eigenvalue weighted by molar-refractivity contribution is 5.82. The van der Waals surface area contributed by atoms with Crippen LogP contribution in [0.4, 0.5) is 4.79 Å². The first kappa shape index (κ1) is 14.8. The van der Waals surface area contributed by atoms with Crippen LogP contribution in [0.3, 0.4) is 0 Å². The highest BCUT2D eigenvalue weighted by Crippen LogP contribution is 2.28. The van der Waals surface area contributed by atoms with Gasteiger partial charge in [0, 0.05) is 13.1 Å². The molecule has 0 spiro atoms. The Balaban J connectivity index is 2.42. The van der Waals surface area contributed by atoms with Crippen LogP contribution in [0, 0.1) is 5.92 Å². The number of hydrogen-bond donors (Lipinski definition) is 2. The maximum absolute atomic E-state index is 11.9. The molecule has 2 N–H and O–H groups in total. The molecule has 0 aromatic heterocycles. The third kappa shape index (κ3) is 3.89. The van der Waals surface area contributed by atoms with Gasteiger partial charge in [-0.05, 0) is 38.5 Å². The van der Waals surface area contributed by atoms with E-state index in [9.17, 15) is 9.59 Å². The summed E-state index contributed by atoms with van der Waals surface area (Å²) >= 11 is 0. The zero-order valence-electron chi connectivity index (χ0n) is 11.5. The summed E-state index contributed by atoms with van der Waals surface area (Å²) in [6.45, 7) is 3.68. The fraction of sp³-hybridized carbons (Fsp3) is 0.846. The van der Waals surface area contributed by atoms with Crippen LogP contribution in [0.1, 0.15) is 46.0 Å². The first-order chi connectivity index (χ1) is 8.45. The van der Waals surface area contributed by atoms with Crippen molar-refractivity contribution in [2.75, 3.05) is 7.05 Å². The second kappa shape index (κ2) is 6.61. The lowest BCUT2D eigenvalue weighted by Gasteiger charge is -2.34. The van der Waals surface area contributed by atoms with E-state index in [4.69, 9.17) is 5.11 Å². The Morgan fingerprint density at radius 1 is 1.33 bits per heavy atom. The molecule has 1 atom stereocenters. The minimum atomic E-state index is -1.01. The molecule has 0 saturated heterocycles. The van der Waals surface area contributed by atoms with E-state index in [0.29, 0.717) is 0 Å². The molecule has 1 rings (SSSR count). The predicted octanol–water partition coefficient (Wildman–Crippen LogP) is 2.07. The van der Waals surface area contributed by atoms with Gasteiger partial charge in [-0.15, -0.1) is 0 Å². The molecule has 18 heavy (non-hydrogen) atoms. The van der Waals surface area contributed by atoms with Crippen LogP contribution in [0.5, 0.6) is 0 Å². The second-order valence-corrected chi connectivity index (χ2v) is 5.20. The summed E-state index contributed by atoms with van der Waals surface area (Å²) in [7, 11) is 1.75. The first-order valence-electron chi connectivity index (χ1n) is 6.71. The summed E-state index contributed by atoms with van der Waals surface area (Å²) in [5.74, 6) is -0.220. The Kier molecular flexibility index (Phi) is 5.44. The molecular formula is C13H24N2O3. The highest BCUT2D eigenvalue weighted by atomic mass is 16.4. The van der Waals surface area contributed by atoms with Gasteiger partial charge < -0.3 is 15.3 Å². The molecule has 0 radical (unpaired) electrons. The van der Waals surface area contributed by atoms with Gasteiger partial charge in [0.2, 0.25) is 0 Å². The normalized spacial score (nSPS) is 25.3. The zero-order valence-corrected chi connectivity index (χ0v) is 11.5. The molecule has 5 heteroatoms. The van der Waals surface area contributed by atoms with Crippen molar-refractivity contribution in [2.45, 2.75) is 58.0 Å². The third-order valence-electron chi connectivity index (χ3n) is 3.97. The molecular weight excluding hydrogens is 232 g/mol. The average Bonchev–Trinajstić information content (AvgIpc) is 2.37. The molecule has 1 fully saturated rings. The maximum Gasteiger partial charge on any atom is 0.325 e. The van der Waals surface area contributed by atoms with Crippen molar-refractivity contribution in [1.82, 2.24) is 10.2 Å². The number of carbonyl (C=O) groups is 2. The van der Waals surface area contributed by atoms with Gasteiger partial charge in [-0.25, -0.2) is 4.79 Å². The minimum Gasteiger partial charge on any atom is -0.480 e. The second-order valence-electron chi connectivity index (χ2n) is 5.20. The van der Waals surface area contributed by atoms with E-state index in [1.165, 1.54) is 13.3 Å². The molecule has 0 aliphatic heterocycles. The van der Waals surface area contributed by atoms with Crippen molar-refractivity contribution in [3.05, 3.63) is 0 Å². The lowest BCUT2D eigenvalue weighted by molar-refractivity contribution is -0.138. The van der Waals surface area contributed by atoms with Crippen molar-refractivity contribution >= 4 is 12.0 Å².